The maximum absolute atomic E-state index is 9.24. The van der Waals surface area contributed by atoms with Crippen LogP contribution in [0.15, 0.2) is 18.2 Å². The Morgan fingerprint density at radius 3 is 2.35 bits per heavy atom. The standard InChI is InChI=1S/C15H18N2O.C2H6/c1-12-2-3-14(13(8-12)9-16)17-6-4-15(5-7-17)10-18-11-15;1-2/h2-3,8H,4-7,10-11H2,1H3;1-2H3. The summed E-state index contributed by atoms with van der Waals surface area (Å²) in [5.41, 5.74) is 3.50. The molecule has 3 rings (SSSR count). The molecule has 1 aromatic carbocycles. The summed E-state index contributed by atoms with van der Waals surface area (Å²) >= 11 is 0. The molecule has 0 unspecified atom stereocenters. The molecule has 2 aliphatic heterocycles. The Bertz CT molecular complexity index is 490. The SMILES string of the molecule is CC.Cc1ccc(N2CCC3(CC2)COC3)c(C#N)c1. The van der Waals surface area contributed by atoms with Crippen LogP contribution in [0.1, 0.15) is 37.8 Å². The van der Waals surface area contributed by atoms with E-state index in [9.17, 15) is 5.26 Å². The number of nitriles is 1. The van der Waals surface area contributed by atoms with Gasteiger partial charge in [-0.2, -0.15) is 5.26 Å². The van der Waals surface area contributed by atoms with Crippen molar-refractivity contribution in [1.29, 1.82) is 5.26 Å². The fourth-order valence-electron chi connectivity index (χ4n) is 2.92. The molecule has 0 aromatic heterocycles. The van der Waals surface area contributed by atoms with E-state index >= 15 is 0 Å². The molecule has 0 radical (unpaired) electrons. The van der Waals surface area contributed by atoms with Crippen molar-refractivity contribution < 1.29 is 4.74 Å². The van der Waals surface area contributed by atoms with Crippen molar-refractivity contribution >= 4 is 5.69 Å². The summed E-state index contributed by atoms with van der Waals surface area (Å²) in [5.74, 6) is 0. The van der Waals surface area contributed by atoms with Crippen LogP contribution in [0, 0.1) is 23.7 Å². The number of hydrogen-bond acceptors (Lipinski definition) is 3. The van der Waals surface area contributed by atoms with Crippen LogP contribution in [0.5, 0.6) is 0 Å². The summed E-state index contributed by atoms with van der Waals surface area (Å²) in [4.78, 5) is 2.35. The van der Waals surface area contributed by atoms with E-state index in [1.54, 1.807) is 0 Å². The Balaban J connectivity index is 0.000000704. The molecule has 20 heavy (non-hydrogen) atoms. The average molecular weight is 272 g/mol. The Hall–Kier alpha value is -1.53. The lowest BCUT2D eigenvalue weighted by Gasteiger charge is -2.48. The molecule has 1 aromatic rings. The van der Waals surface area contributed by atoms with Gasteiger partial charge in [0.25, 0.3) is 0 Å². The summed E-state index contributed by atoms with van der Waals surface area (Å²) < 4.78 is 5.35. The van der Waals surface area contributed by atoms with Gasteiger partial charge in [-0.05, 0) is 37.5 Å². The second kappa shape index (κ2) is 6.28. The van der Waals surface area contributed by atoms with E-state index < -0.39 is 0 Å². The normalized spacial score (nSPS) is 19.6. The molecule has 2 saturated heterocycles. The van der Waals surface area contributed by atoms with Crippen molar-refractivity contribution in [3.8, 4) is 6.07 Å². The Labute approximate surface area is 122 Å². The number of nitrogens with zero attached hydrogens (tertiary/aromatic N) is 2. The Morgan fingerprint density at radius 2 is 1.85 bits per heavy atom. The van der Waals surface area contributed by atoms with Crippen molar-refractivity contribution in [3.05, 3.63) is 29.3 Å². The molecule has 0 atom stereocenters. The highest BCUT2D eigenvalue weighted by Crippen LogP contribution is 2.39. The predicted octanol–water partition coefficient (Wildman–Crippen LogP) is 3.51. The maximum atomic E-state index is 9.24. The molecule has 0 saturated carbocycles. The van der Waals surface area contributed by atoms with Gasteiger partial charge in [-0.25, -0.2) is 0 Å². The molecule has 3 heteroatoms. The molecule has 0 N–H and O–H groups in total. The van der Waals surface area contributed by atoms with E-state index in [4.69, 9.17) is 4.74 Å². The Morgan fingerprint density at radius 1 is 1.20 bits per heavy atom. The van der Waals surface area contributed by atoms with Crippen LogP contribution in [-0.4, -0.2) is 26.3 Å². The maximum Gasteiger partial charge on any atom is 0.101 e. The molecule has 3 nitrogen and oxygen atoms in total. The van der Waals surface area contributed by atoms with Crippen LogP contribution in [-0.2, 0) is 4.74 Å². The van der Waals surface area contributed by atoms with Crippen LogP contribution >= 0.6 is 0 Å². The first-order valence-electron chi connectivity index (χ1n) is 7.56. The third-order valence-electron chi connectivity index (χ3n) is 4.25. The molecular formula is C17H24N2O. The van der Waals surface area contributed by atoms with E-state index in [0.29, 0.717) is 5.41 Å². The van der Waals surface area contributed by atoms with Crippen molar-refractivity contribution in [3.63, 3.8) is 0 Å². The van der Waals surface area contributed by atoms with Gasteiger partial charge in [0.05, 0.1) is 24.5 Å². The monoisotopic (exact) mass is 272 g/mol. The number of benzene rings is 1. The first-order valence-corrected chi connectivity index (χ1v) is 7.56. The second-order valence-corrected chi connectivity index (χ2v) is 5.61. The van der Waals surface area contributed by atoms with Gasteiger partial charge in [0.1, 0.15) is 6.07 Å². The number of piperidine rings is 1. The molecular weight excluding hydrogens is 248 g/mol. The molecule has 2 fully saturated rings. The summed E-state index contributed by atoms with van der Waals surface area (Å²) in [5, 5.41) is 9.24. The Kier molecular flexibility index (Phi) is 4.67. The van der Waals surface area contributed by atoms with Gasteiger partial charge in [-0.3, -0.25) is 0 Å². The van der Waals surface area contributed by atoms with Gasteiger partial charge in [0, 0.05) is 18.5 Å². The third kappa shape index (κ3) is 2.81. The largest absolute Gasteiger partial charge is 0.380 e. The van der Waals surface area contributed by atoms with E-state index in [1.165, 1.54) is 12.8 Å². The fourth-order valence-corrected chi connectivity index (χ4v) is 2.92. The van der Waals surface area contributed by atoms with Crippen molar-refractivity contribution in [2.24, 2.45) is 5.41 Å². The third-order valence-corrected chi connectivity index (χ3v) is 4.25. The van der Waals surface area contributed by atoms with Gasteiger partial charge in [-0.15, -0.1) is 0 Å². The fraction of sp³-hybridized carbons (Fsp3) is 0.588. The molecule has 0 aliphatic carbocycles. The highest BCUT2D eigenvalue weighted by Gasteiger charge is 2.41. The number of ether oxygens (including phenoxy) is 1. The lowest BCUT2D eigenvalue weighted by Crippen LogP contribution is -2.51. The second-order valence-electron chi connectivity index (χ2n) is 5.61. The van der Waals surface area contributed by atoms with Crippen molar-refractivity contribution in [1.82, 2.24) is 0 Å². The summed E-state index contributed by atoms with van der Waals surface area (Å²) in [6.07, 6.45) is 2.37. The smallest absolute Gasteiger partial charge is 0.101 e. The minimum atomic E-state index is 0.452. The van der Waals surface area contributed by atoms with Crippen molar-refractivity contribution in [2.45, 2.75) is 33.6 Å². The molecule has 2 aliphatic rings. The van der Waals surface area contributed by atoms with Gasteiger partial charge in [0.15, 0.2) is 0 Å². The highest BCUT2D eigenvalue weighted by atomic mass is 16.5. The van der Waals surface area contributed by atoms with Crippen LogP contribution in [0.3, 0.4) is 0 Å². The van der Waals surface area contributed by atoms with E-state index in [2.05, 4.69) is 23.1 Å². The van der Waals surface area contributed by atoms with Gasteiger partial charge < -0.3 is 9.64 Å². The summed E-state index contributed by atoms with van der Waals surface area (Å²) in [7, 11) is 0. The number of hydrogen-bond donors (Lipinski definition) is 0. The van der Waals surface area contributed by atoms with Crippen LogP contribution < -0.4 is 4.90 Å². The van der Waals surface area contributed by atoms with E-state index in [-0.39, 0.29) is 0 Å². The minimum absolute atomic E-state index is 0.452. The van der Waals surface area contributed by atoms with Crippen LogP contribution in [0.4, 0.5) is 5.69 Å². The summed E-state index contributed by atoms with van der Waals surface area (Å²) in [6, 6.07) is 8.47. The van der Waals surface area contributed by atoms with Gasteiger partial charge >= 0.3 is 0 Å². The highest BCUT2D eigenvalue weighted by molar-refractivity contribution is 5.60. The lowest BCUT2D eigenvalue weighted by atomic mass is 9.76. The minimum Gasteiger partial charge on any atom is -0.380 e. The topological polar surface area (TPSA) is 36.3 Å². The summed E-state index contributed by atoms with van der Waals surface area (Å²) in [6.45, 7) is 9.98. The van der Waals surface area contributed by atoms with Gasteiger partial charge in [-0.1, -0.05) is 19.9 Å². The van der Waals surface area contributed by atoms with E-state index in [0.717, 1.165) is 43.1 Å². The number of rotatable bonds is 1. The molecule has 2 heterocycles. The van der Waals surface area contributed by atoms with Crippen LogP contribution in [0.2, 0.25) is 0 Å². The first kappa shape index (κ1) is 14.9. The lowest BCUT2D eigenvalue weighted by molar-refractivity contribution is -0.124. The quantitative estimate of drug-likeness (QED) is 0.785. The first-order chi connectivity index (χ1) is 9.72. The molecule has 1 spiro atoms. The zero-order valence-electron chi connectivity index (χ0n) is 12.8. The molecule has 108 valence electrons. The molecule has 0 amide bonds. The zero-order valence-corrected chi connectivity index (χ0v) is 12.8. The van der Waals surface area contributed by atoms with E-state index in [1.807, 2.05) is 26.8 Å². The molecule has 0 bridgehead atoms. The van der Waals surface area contributed by atoms with Crippen LogP contribution in [0.25, 0.3) is 0 Å². The van der Waals surface area contributed by atoms with Gasteiger partial charge in [0.2, 0.25) is 0 Å². The van der Waals surface area contributed by atoms with Crippen molar-refractivity contribution in [2.75, 3.05) is 31.2 Å². The zero-order chi connectivity index (χ0) is 14.6. The predicted molar refractivity (Wildman–Crippen MR) is 81.9 cm³/mol. The number of anilines is 1. The average Bonchev–Trinajstić information content (AvgIpc) is 2.48. The number of aryl methyl sites for hydroxylation is 1.